The summed E-state index contributed by atoms with van der Waals surface area (Å²) >= 11 is 6.51. The Kier molecular flexibility index (Phi) is 6.72. The van der Waals surface area contributed by atoms with Gasteiger partial charge < -0.3 is 10.0 Å². The molecule has 1 aliphatic heterocycles. The van der Waals surface area contributed by atoms with Gasteiger partial charge in [-0.15, -0.1) is 0 Å². The molecule has 0 unspecified atom stereocenters. The van der Waals surface area contributed by atoms with Crippen LogP contribution in [0, 0.1) is 5.92 Å². The van der Waals surface area contributed by atoms with E-state index >= 15 is 0 Å². The normalized spacial score (nSPS) is 26.9. The molecule has 4 heteroatoms. The number of hydrogen-bond acceptors (Lipinski definition) is 3. The average Bonchev–Trinajstić information content (AvgIpc) is 2.77. The number of hydrogen-bond donors (Lipinski definition) is 1. The molecule has 3 nitrogen and oxygen atoms in total. The Morgan fingerprint density at radius 2 is 1.77 bits per heavy atom. The zero-order valence-corrected chi connectivity index (χ0v) is 19.1. The second-order valence-corrected chi connectivity index (χ2v) is 9.38. The zero-order valence-electron chi connectivity index (χ0n) is 18.4. The fourth-order valence-corrected chi connectivity index (χ4v) is 5.87. The Morgan fingerprint density at radius 1 is 1.03 bits per heavy atom. The van der Waals surface area contributed by atoms with Crippen LogP contribution in [0.25, 0.3) is 0 Å². The first-order chi connectivity index (χ1) is 14.6. The molecule has 1 heterocycles. The lowest BCUT2D eigenvalue weighted by molar-refractivity contribution is -0.126. The highest BCUT2D eigenvalue weighted by molar-refractivity contribution is 6.31. The number of aliphatic hydroxyl groups is 1. The molecule has 1 saturated heterocycles. The van der Waals surface area contributed by atoms with E-state index in [9.17, 15) is 5.11 Å². The summed E-state index contributed by atoms with van der Waals surface area (Å²) in [5.41, 5.74) is 3.24. The van der Waals surface area contributed by atoms with Crippen molar-refractivity contribution in [1.82, 2.24) is 4.90 Å². The maximum absolute atomic E-state index is 11.5. The van der Waals surface area contributed by atoms with Gasteiger partial charge in [-0.05, 0) is 62.4 Å². The maximum Gasteiger partial charge on any atom is 0.0706 e. The second kappa shape index (κ2) is 9.30. The van der Waals surface area contributed by atoms with E-state index in [4.69, 9.17) is 11.6 Å². The molecule has 2 fully saturated rings. The first-order valence-corrected chi connectivity index (χ1v) is 12.0. The van der Waals surface area contributed by atoms with Crippen LogP contribution in [-0.2, 0) is 6.54 Å². The van der Waals surface area contributed by atoms with Gasteiger partial charge >= 0.3 is 0 Å². The minimum absolute atomic E-state index is 0.228. The van der Waals surface area contributed by atoms with Crippen LogP contribution in [0.15, 0.2) is 48.5 Å². The molecule has 3 atom stereocenters. The molecule has 0 amide bonds. The van der Waals surface area contributed by atoms with Crippen LogP contribution in [0.1, 0.15) is 63.1 Å². The Morgan fingerprint density at radius 3 is 2.47 bits per heavy atom. The van der Waals surface area contributed by atoms with Crippen molar-refractivity contribution in [3.63, 3.8) is 0 Å². The van der Waals surface area contributed by atoms with E-state index in [0.29, 0.717) is 0 Å². The predicted molar refractivity (Wildman–Crippen MR) is 126 cm³/mol. The standard InChI is InChI=1S/C26H35ClN2O/c1-3-28(4-2)22-14-12-20(13-15-22)25-23-10-7-8-16-26(23,30)17-18-29(25)19-21-9-5-6-11-24(21)27/h5-6,9,11-15,23,25,30H,3-4,7-8,10,16-19H2,1-2H3/t23-,25-,26-/m0/s1. The Hall–Kier alpha value is -1.55. The molecular weight excluding hydrogens is 392 g/mol. The SMILES string of the molecule is CCN(CC)c1ccc([C@H]2[C@@H]3CCCC[C@]3(O)CCN2Cc2ccccc2Cl)cc1. The van der Waals surface area contributed by atoms with Crippen molar-refractivity contribution in [2.45, 2.75) is 64.1 Å². The maximum atomic E-state index is 11.5. The molecule has 4 rings (SSSR count). The van der Waals surface area contributed by atoms with E-state index in [1.807, 2.05) is 12.1 Å². The second-order valence-electron chi connectivity index (χ2n) is 8.98. The molecule has 2 aliphatic rings. The van der Waals surface area contributed by atoms with Gasteiger partial charge in [-0.25, -0.2) is 0 Å². The third-order valence-electron chi connectivity index (χ3n) is 7.37. The summed E-state index contributed by atoms with van der Waals surface area (Å²) in [6, 6.07) is 17.5. The average molecular weight is 427 g/mol. The molecule has 2 aromatic rings. The highest BCUT2D eigenvalue weighted by atomic mass is 35.5. The van der Waals surface area contributed by atoms with Gasteiger partial charge in [0, 0.05) is 48.8 Å². The number of rotatable bonds is 6. The molecule has 0 radical (unpaired) electrons. The Bertz CT molecular complexity index is 835. The van der Waals surface area contributed by atoms with Crippen LogP contribution >= 0.6 is 11.6 Å². The molecule has 2 aromatic carbocycles. The lowest BCUT2D eigenvalue weighted by Gasteiger charge is -2.53. The molecule has 1 saturated carbocycles. The van der Waals surface area contributed by atoms with Crippen LogP contribution in [-0.4, -0.2) is 35.2 Å². The van der Waals surface area contributed by atoms with Crippen LogP contribution in [0.4, 0.5) is 5.69 Å². The predicted octanol–water partition coefficient (Wildman–Crippen LogP) is 6.05. The van der Waals surface area contributed by atoms with Crippen molar-refractivity contribution < 1.29 is 5.11 Å². The summed E-state index contributed by atoms with van der Waals surface area (Å²) in [6.07, 6.45) is 5.24. The molecule has 162 valence electrons. The van der Waals surface area contributed by atoms with E-state index in [-0.39, 0.29) is 12.0 Å². The number of piperidine rings is 1. The lowest BCUT2D eigenvalue weighted by Crippen LogP contribution is -2.54. The van der Waals surface area contributed by atoms with Gasteiger partial charge in [0.25, 0.3) is 0 Å². The number of anilines is 1. The summed E-state index contributed by atoms with van der Waals surface area (Å²) in [5, 5.41) is 12.4. The topological polar surface area (TPSA) is 26.7 Å². The molecule has 1 aliphatic carbocycles. The largest absolute Gasteiger partial charge is 0.389 e. The van der Waals surface area contributed by atoms with Gasteiger partial charge in [0.1, 0.15) is 0 Å². The lowest BCUT2D eigenvalue weighted by atomic mass is 9.66. The fourth-order valence-electron chi connectivity index (χ4n) is 5.68. The highest BCUT2D eigenvalue weighted by Crippen LogP contribution is 2.49. The van der Waals surface area contributed by atoms with Crippen molar-refractivity contribution >= 4 is 17.3 Å². The van der Waals surface area contributed by atoms with Crippen LogP contribution < -0.4 is 4.90 Å². The van der Waals surface area contributed by atoms with Crippen LogP contribution in [0.3, 0.4) is 0 Å². The van der Waals surface area contributed by atoms with E-state index in [0.717, 1.165) is 56.9 Å². The number of fused-ring (bicyclic) bond motifs is 1. The molecule has 30 heavy (non-hydrogen) atoms. The van der Waals surface area contributed by atoms with Gasteiger partial charge in [-0.1, -0.05) is 54.8 Å². The molecule has 0 bridgehead atoms. The van der Waals surface area contributed by atoms with Crippen molar-refractivity contribution in [2.24, 2.45) is 5.92 Å². The number of likely N-dealkylation sites (tertiary alicyclic amines) is 1. The van der Waals surface area contributed by atoms with E-state index < -0.39 is 5.60 Å². The minimum atomic E-state index is -0.530. The molecule has 1 N–H and O–H groups in total. The van der Waals surface area contributed by atoms with E-state index in [1.165, 1.54) is 23.2 Å². The van der Waals surface area contributed by atoms with Crippen LogP contribution in [0.5, 0.6) is 0 Å². The van der Waals surface area contributed by atoms with Crippen molar-refractivity contribution in [1.29, 1.82) is 0 Å². The number of halogens is 1. The van der Waals surface area contributed by atoms with Crippen LogP contribution in [0.2, 0.25) is 5.02 Å². The molecule has 0 spiro atoms. The van der Waals surface area contributed by atoms with Gasteiger partial charge in [-0.3, -0.25) is 4.90 Å². The van der Waals surface area contributed by atoms with Gasteiger partial charge in [-0.2, -0.15) is 0 Å². The van der Waals surface area contributed by atoms with Gasteiger partial charge in [0.15, 0.2) is 0 Å². The Labute approximate surface area is 186 Å². The summed E-state index contributed by atoms with van der Waals surface area (Å²) in [6.45, 7) is 8.16. The molecule has 0 aromatic heterocycles. The zero-order chi connectivity index (χ0) is 21.1. The third kappa shape index (κ3) is 4.26. The highest BCUT2D eigenvalue weighted by Gasteiger charge is 2.48. The number of nitrogens with zero attached hydrogens (tertiary/aromatic N) is 2. The summed E-state index contributed by atoms with van der Waals surface area (Å²) in [7, 11) is 0. The monoisotopic (exact) mass is 426 g/mol. The smallest absolute Gasteiger partial charge is 0.0706 e. The van der Waals surface area contributed by atoms with E-state index in [1.54, 1.807) is 0 Å². The third-order valence-corrected chi connectivity index (χ3v) is 7.73. The quantitative estimate of drug-likeness (QED) is 0.608. The van der Waals surface area contributed by atoms with Crippen molar-refractivity contribution in [3.05, 3.63) is 64.7 Å². The number of benzene rings is 2. The first kappa shape index (κ1) is 21.7. The fraction of sp³-hybridized carbons (Fsp3) is 0.538. The van der Waals surface area contributed by atoms with Gasteiger partial charge in [0.05, 0.1) is 5.60 Å². The van der Waals surface area contributed by atoms with Crippen molar-refractivity contribution in [3.8, 4) is 0 Å². The summed E-state index contributed by atoms with van der Waals surface area (Å²) < 4.78 is 0. The van der Waals surface area contributed by atoms with Gasteiger partial charge in [0.2, 0.25) is 0 Å². The first-order valence-electron chi connectivity index (χ1n) is 11.6. The van der Waals surface area contributed by atoms with E-state index in [2.05, 4.69) is 60.0 Å². The van der Waals surface area contributed by atoms with Crippen molar-refractivity contribution in [2.75, 3.05) is 24.5 Å². The summed E-state index contributed by atoms with van der Waals surface area (Å²) in [4.78, 5) is 4.93. The molecular formula is C26H35ClN2O. The summed E-state index contributed by atoms with van der Waals surface area (Å²) in [5.74, 6) is 0.279. The minimum Gasteiger partial charge on any atom is -0.389 e. The Balaban J connectivity index is 1.67.